The number of carbonyl (C=O) groups is 1. The molecule has 1 heterocycles. The highest BCUT2D eigenvalue weighted by Crippen LogP contribution is 2.23. The molecule has 2 aromatic rings. The van der Waals surface area contributed by atoms with Crippen LogP contribution in [0.2, 0.25) is 0 Å². The Labute approximate surface area is 185 Å². The third kappa shape index (κ3) is 5.44. The number of carbonyl (C=O) groups excluding carboxylic acids is 1. The van der Waals surface area contributed by atoms with Gasteiger partial charge in [-0.3, -0.25) is 9.69 Å². The number of para-hydroxylation sites is 1. The van der Waals surface area contributed by atoms with Crippen LogP contribution >= 0.6 is 0 Å². The largest absolute Gasteiger partial charge is 0.497 e. The lowest BCUT2D eigenvalue weighted by molar-refractivity contribution is -0.117. The molecule has 31 heavy (non-hydrogen) atoms. The molecule has 3 rings (SSSR count). The number of sulfonamides is 1. The molecule has 1 aliphatic heterocycles. The number of anilines is 1. The van der Waals surface area contributed by atoms with Crippen molar-refractivity contribution in [2.75, 3.05) is 45.2 Å². The predicted octanol–water partition coefficient (Wildman–Crippen LogP) is 2.77. The van der Waals surface area contributed by atoms with Crippen LogP contribution in [0.3, 0.4) is 0 Å². The minimum absolute atomic E-state index is 0.0675. The highest BCUT2D eigenvalue weighted by Gasteiger charge is 2.29. The first-order valence-electron chi connectivity index (χ1n) is 10.7. The Balaban J connectivity index is 1.58. The molecule has 2 aromatic carbocycles. The molecule has 1 aliphatic rings. The number of rotatable bonds is 8. The van der Waals surface area contributed by atoms with E-state index in [1.807, 2.05) is 23.1 Å². The maximum absolute atomic E-state index is 12.9. The van der Waals surface area contributed by atoms with E-state index in [4.69, 9.17) is 4.74 Å². The van der Waals surface area contributed by atoms with Gasteiger partial charge in [0.1, 0.15) is 5.75 Å². The summed E-state index contributed by atoms with van der Waals surface area (Å²) < 4.78 is 32.3. The fraction of sp³-hybridized carbons (Fsp3) is 0.435. The Morgan fingerprint density at radius 3 is 2.06 bits per heavy atom. The second-order valence-electron chi connectivity index (χ2n) is 7.56. The smallest absolute Gasteiger partial charge is 0.243 e. The van der Waals surface area contributed by atoms with E-state index in [2.05, 4.69) is 19.2 Å². The van der Waals surface area contributed by atoms with E-state index in [1.165, 1.54) is 4.31 Å². The molecule has 7 nitrogen and oxygen atoms in total. The van der Waals surface area contributed by atoms with E-state index in [0.717, 1.165) is 29.7 Å². The first-order chi connectivity index (χ1) is 14.9. The molecule has 0 unspecified atom stereocenters. The SMILES string of the molecule is CCc1cccc(CC)c1NC(=O)CN1CCN(S(=O)(=O)c2ccc(OC)cc2)CC1. The van der Waals surface area contributed by atoms with Gasteiger partial charge in [-0.15, -0.1) is 0 Å². The number of methoxy groups -OCH3 is 1. The van der Waals surface area contributed by atoms with Gasteiger partial charge in [-0.05, 0) is 48.2 Å². The molecule has 0 saturated carbocycles. The first-order valence-corrected chi connectivity index (χ1v) is 12.1. The van der Waals surface area contributed by atoms with Crippen LogP contribution in [0.1, 0.15) is 25.0 Å². The van der Waals surface area contributed by atoms with Crippen LogP contribution in [0.5, 0.6) is 5.75 Å². The van der Waals surface area contributed by atoms with Gasteiger partial charge in [0.05, 0.1) is 18.6 Å². The van der Waals surface area contributed by atoms with Gasteiger partial charge in [-0.25, -0.2) is 8.42 Å². The van der Waals surface area contributed by atoms with Gasteiger partial charge in [-0.2, -0.15) is 4.31 Å². The number of piperazine rings is 1. The molecule has 0 aromatic heterocycles. The van der Waals surface area contributed by atoms with Crippen LogP contribution in [0.15, 0.2) is 47.4 Å². The van der Waals surface area contributed by atoms with Crippen molar-refractivity contribution in [2.45, 2.75) is 31.6 Å². The van der Waals surface area contributed by atoms with Crippen LogP contribution in [0.25, 0.3) is 0 Å². The fourth-order valence-electron chi connectivity index (χ4n) is 3.81. The van der Waals surface area contributed by atoms with E-state index >= 15 is 0 Å². The Hall–Kier alpha value is -2.42. The van der Waals surface area contributed by atoms with Crippen LogP contribution < -0.4 is 10.1 Å². The van der Waals surface area contributed by atoms with E-state index in [1.54, 1.807) is 31.4 Å². The molecule has 1 N–H and O–H groups in total. The molecule has 0 aliphatic carbocycles. The van der Waals surface area contributed by atoms with Gasteiger partial charge in [0, 0.05) is 31.9 Å². The minimum Gasteiger partial charge on any atom is -0.497 e. The van der Waals surface area contributed by atoms with Gasteiger partial charge < -0.3 is 10.1 Å². The molecular formula is C23H31N3O4S. The zero-order valence-electron chi connectivity index (χ0n) is 18.4. The van der Waals surface area contributed by atoms with Gasteiger partial charge in [0.2, 0.25) is 15.9 Å². The minimum atomic E-state index is -3.55. The molecule has 0 bridgehead atoms. The lowest BCUT2D eigenvalue weighted by Crippen LogP contribution is -2.50. The number of hydrogen-bond donors (Lipinski definition) is 1. The Morgan fingerprint density at radius 1 is 0.968 bits per heavy atom. The monoisotopic (exact) mass is 445 g/mol. The van der Waals surface area contributed by atoms with Crippen LogP contribution in [-0.4, -0.2) is 63.4 Å². The maximum atomic E-state index is 12.9. The predicted molar refractivity (Wildman–Crippen MR) is 122 cm³/mol. The van der Waals surface area contributed by atoms with Crippen molar-refractivity contribution in [3.8, 4) is 5.75 Å². The highest BCUT2D eigenvalue weighted by atomic mass is 32.2. The van der Waals surface area contributed by atoms with Crippen molar-refractivity contribution < 1.29 is 17.9 Å². The standard InChI is InChI=1S/C23H31N3O4S/c1-4-18-7-6-8-19(5-2)23(18)24-22(27)17-25-13-15-26(16-14-25)31(28,29)21-11-9-20(30-3)10-12-21/h6-12H,4-5,13-17H2,1-3H3,(H,24,27). The van der Waals surface area contributed by atoms with Crippen LogP contribution in [0, 0.1) is 0 Å². The lowest BCUT2D eigenvalue weighted by Gasteiger charge is -2.33. The number of hydrogen-bond acceptors (Lipinski definition) is 5. The second kappa shape index (κ2) is 10.3. The summed E-state index contributed by atoms with van der Waals surface area (Å²) in [7, 11) is -2.01. The molecule has 1 amide bonds. The summed E-state index contributed by atoms with van der Waals surface area (Å²) in [5.41, 5.74) is 3.17. The molecule has 0 spiro atoms. The second-order valence-corrected chi connectivity index (χ2v) is 9.50. The summed E-state index contributed by atoms with van der Waals surface area (Å²) in [5, 5.41) is 3.08. The average Bonchev–Trinajstić information content (AvgIpc) is 2.79. The summed E-state index contributed by atoms with van der Waals surface area (Å²) >= 11 is 0. The van der Waals surface area contributed by atoms with Gasteiger partial charge >= 0.3 is 0 Å². The summed E-state index contributed by atoms with van der Waals surface area (Å²) in [5.74, 6) is 0.549. The van der Waals surface area contributed by atoms with Gasteiger partial charge in [0.25, 0.3) is 0 Å². The zero-order valence-corrected chi connectivity index (χ0v) is 19.2. The molecular weight excluding hydrogens is 414 g/mol. The van der Waals surface area contributed by atoms with Gasteiger partial charge in [0.15, 0.2) is 0 Å². The molecule has 1 saturated heterocycles. The van der Waals surface area contributed by atoms with Crippen molar-refractivity contribution in [3.63, 3.8) is 0 Å². The van der Waals surface area contributed by atoms with Crippen molar-refractivity contribution in [3.05, 3.63) is 53.6 Å². The van der Waals surface area contributed by atoms with E-state index in [9.17, 15) is 13.2 Å². The molecule has 168 valence electrons. The third-order valence-corrected chi connectivity index (χ3v) is 7.57. The molecule has 0 atom stereocenters. The first kappa shape index (κ1) is 23.2. The average molecular weight is 446 g/mol. The number of nitrogens with zero attached hydrogens (tertiary/aromatic N) is 2. The Morgan fingerprint density at radius 2 is 1.55 bits per heavy atom. The zero-order chi connectivity index (χ0) is 22.4. The van der Waals surface area contributed by atoms with Gasteiger partial charge in [-0.1, -0.05) is 32.0 Å². The topological polar surface area (TPSA) is 79.0 Å². The molecule has 1 fully saturated rings. The Bertz CT molecular complexity index is 976. The van der Waals surface area contributed by atoms with Crippen molar-refractivity contribution in [1.29, 1.82) is 0 Å². The summed E-state index contributed by atoms with van der Waals surface area (Å²) in [6, 6.07) is 12.5. The number of benzene rings is 2. The van der Waals surface area contributed by atoms with Crippen LogP contribution in [0.4, 0.5) is 5.69 Å². The van der Waals surface area contributed by atoms with E-state index < -0.39 is 10.0 Å². The quantitative estimate of drug-likeness (QED) is 0.676. The normalized spacial score (nSPS) is 15.6. The molecule has 8 heteroatoms. The van der Waals surface area contributed by atoms with Crippen molar-refractivity contribution in [1.82, 2.24) is 9.21 Å². The Kier molecular flexibility index (Phi) is 7.69. The summed E-state index contributed by atoms with van der Waals surface area (Å²) in [6.45, 7) is 6.13. The van der Waals surface area contributed by atoms with Crippen molar-refractivity contribution >= 4 is 21.6 Å². The number of ether oxygens (including phenoxy) is 1. The summed E-state index contributed by atoms with van der Waals surface area (Å²) in [6.07, 6.45) is 1.71. The number of nitrogens with one attached hydrogen (secondary N) is 1. The third-order valence-electron chi connectivity index (χ3n) is 5.66. The fourth-order valence-corrected chi connectivity index (χ4v) is 5.23. The maximum Gasteiger partial charge on any atom is 0.243 e. The van der Waals surface area contributed by atoms with E-state index in [-0.39, 0.29) is 17.3 Å². The highest BCUT2D eigenvalue weighted by molar-refractivity contribution is 7.89. The van der Waals surface area contributed by atoms with Crippen molar-refractivity contribution in [2.24, 2.45) is 0 Å². The summed E-state index contributed by atoms with van der Waals surface area (Å²) in [4.78, 5) is 14.9. The number of aryl methyl sites for hydroxylation is 2. The van der Waals surface area contributed by atoms with Crippen LogP contribution in [-0.2, 0) is 27.7 Å². The number of amides is 1. The molecule has 0 radical (unpaired) electrons. The lowest BCUT2D eigenvalue weighted by atomic mass is 10.0. The van der Waals surface area contributed by atoms with E-state index in [0.29, 0.717) is 31.9 Å².